The minimum Gasteiger partial charge on any atom is -0.497 e. The van der Waals surface area contributed by atoms with Gasteiger partial charge in [0.2, 0.25) is 5.88 Å². The Labute approximate surface area is 170 Å². The Kier molecular flexibility index (Phi) is 6.43. The monoisotopic (exact) mass is 395 g/mol. The lowest BCUT2D eigenvalue weighted by molar-refractivity contribution is 0.0645. The number of aryl methyl sites for hydroxylation is 1. The van der Waals surface area contributed by atoms with Gasteiger partial charge in [0.25, 0.3) is 5.91 Å². The molecule has 0 bridgehead atoms. The second kappa shape index (κ2) is 9.18. The van der Waals surface area contributed by atoms with Crippen molar-refractivity contribution in [2.24, 2.45) is 0 Å². The molecule has 2 heterocycles. The van der Waals surface area contributed by atoms with Gasteiger partial charge < -0.3 is 14.4 Å². The molecule has 0 aliphatic rings. The number of amides is 1. The topological polar surface area (TPSA) is 82.4 Å². The van der Waals surface area contributed by atoms with E-state index in [4.69, 9.17) is 9.47 Å². The molecule has 1 aromatic carbocycles. The van der Waals surface area contributed by atoms with Crippen LogP contribution in [-0.2, 0) is 0 Å². The number of pyridine rings is 1. The summed E-state index contributed by atoms with van der Waals surface area (Å²) >= 11 is 0. The Balaban J connectivity index is 1.82. The van der Waals surface area contributed by atoms with Crippen molar-refractivity contribution < 1.29 is 14.3 Å². The molecule has 8 nitrogen and oxygen atoms in total. The Morgan fingerprint density at radius 3 is 2.59 bits per heavy atom. The van der Waals surface area contributed by atoms with Crippen LogP contribution < -0.4 is 9.47 Å². The highest BCUT2D eigenvalue weighted by Crippen LogP contribution is 2.23. The van der Waals surface area contributed by atoms with E-state index in [2.05, 4.69) is 15.2 Å². The van der Waals surface area contributed by atoms with Crippen LogP contribution >= 0.6 is 0 Å². The maximum absolute atomic E-state index is 13.4. The average molecular weight is 395 g/mol. The van der Waals surface area contributed by atoms with Gasteiger partial charge in [0.05, 0.1) is 36.8 Å². The Morgan fingerprint density at radius 2 is 1.97 bits per heavy atom. The van der Waals surface area contributed by atoms with Gasteiger partial charge in [-0.3, -0.25) is 4.79 Å². The number of hydrogen-bond donors (Lipinski definition) is 0. The predicted molar refractivity (Wildman–Crippen MR) is 109 cm³/mol. The zero-order valence-electron chi connectivity index (χ0n) is 17.1. The van der Waals surface area contributed by atoms with E-state index in [1.807, 2.05) is 32.9 Å². The molecular formula is C21H25N5O3. The van der Waals surface area contributed by atoms with E-state index in [-0.39, 0.29) is 11.9 Å². The van der Waals surface area contributed by atoms with Crippen LogP contribution in [0.15, 0.2) is 48.9 Å². The normalized spacial score (nSPS) is 11.7. The van der Waals surface area contributed by atoms with Crippen molar-refractivity contribution >= 4 is 5.91 Å². The van der Waals surface area contributed by atoms with Crippen molar-refractivity contribution in [2.45, 2.75) is 26.8 Å². The molecule has 0 radical (unpaired) electrons. The molecule has 29 heavy (non-hydrogen) atoms. The summed E-state index contributed by atoms with van der Waals surface area (Å²) in [5.74, 6) is 0.980. The second-order valence-corrected chi connectivity index (χ2v) is 6.63. The van der Waals surface area contributed by atoms with Gasteiger partial charge in [0.15, 0.2) is 0 Å². The van der Waals surface area contributed by atoms with Gasteiger partial charge in [-0.25, -0.2) is 4.98 Å². The fraction of sp³-hybridized carbons (Fsp3) is 0.333. The van der Waals surface area contributed by atoms with Crippen LogP contribution in [0.3, 0.4) is 0 Å². The maximum Gasteiger partial charge on any atom is 0.256 e. The van der Waals surface area contributed by atoms with Gasteiger partial charge in [-0.15, -0.1) is 0 Å². The van der Waals surface area contributed by atoms with Gasteiger partial charge in [0, 0.05) is 18.8 Å². The summed E-state index contributed by atoms with van der Waals surface area (Å²) in [6.07, 6.45) is 4.89. The number of methoxy groups -OCH3 is 1. The lowest BCUT2D eigenvalue weighted by atomic mass is 10.1. The number of carbonyl (C=O) groups excluding carboxylic acids is 1. The van der Waals surface area contributed by atoms with Crippen LogP contribution in [0.25, 0.3) is 5.69 Å². The molecule has 3 rings (SSSR count). The van der Waals surface area contributed by atoms with Crippen molar-refractivity contribution in [3.8, 4) is 17.3 Å². The first kappa shape index (κ1) is 20.3. The Morgan fingerprint density at radius 1 is 1.21 bits per heavy atom. The predicted octanol–water partition coefficient (Wildman–Crippen LogP) is 2.91. The third-order valence-electron chi connectivity index (χ3n) is 4.56. The minimum atomic E-state index is -0.166. The van der Waals surface area contributed by atoms with E-state index in [1.165, 1.54) is 4.80 Å². The van der Waals surface area contributed by atoms with Crippen molar-refractivity contribution in [1.29, 1.82) is 0 Å². The van der Waals surface area contributed by atoms with Crippen LogP contribution in [0.1, 0.15) is 29.8 Å². The molecule has 3 aromatic rings. The quantitative estimate of drug-likeness (QED) is 0.583. The molecule has 0 saturated carbocycles. The molecule has 0 aliphatic carbocycles. The summed E-state index contributed by atoms with van der Waals surface area (Å²) in [4.78, 5) is 20.8. The van der Waals surface area contributed by atoms with E-state index in [9.17, 15) is 4.79 Å². The third-order valence-corrected chi connectivity index (χ3v) is 4.56. The van der Waals surface area contributed by atoms with E-state index in [1.54, 1.807) is 48.8 Å². The molecule has 0 unspecified atom stereocenters. The number of ether oxygens (including phenoxy) is 2. The molecule has 1 amide bonds. The summed E-state index contributed by atoms with van der Waals surface area (Å²) in [6, 6.07) is 8.86. The molecular weight excluding hydrogens is 370 g/mol. The first-order valence-electron chi connectivity index (χ1n) is 9.44. The Bertz CT molecular complexity index is 941. The van der Waals surface area contributed by atoms with Crippen molar-refractivity contribution in [2.75, 3.05) is 20.3 Å². The molecule has 0 fully saturated rings. The number of carbonyl (C=O) groups is 1. The van der Waals surface area contributed by atoms with Crippen LogP contribution in [0.4, 0.5) is 0 Å². The fourth-order valence-corrected chi connectivity index (χ4v) is 2.97. The SMILES string of the molecule is CCN(C(=O)c1cc(OC)ccc1-n1nccn1)[C@@H](C)COc1ccc(C)cn1. The van der Waals surface area contributed by atoms with Crippen LogP contribution in [0.5, 0.6) is 11.6 Å². The molecule has 0 aliphatic heterocycles. The molecule has 0 saturated heterocycles. The third kappa shape index (κ3) is 4.71. The summed E-state index contributed by atoms with van der Waals surface area (Å²) in [7, 11) is 1.57. The second-order valence-electron chi connectivity index (χ2n) is 6.63. The van der Waals surface area contributed by atoms with Gasteiger partial charge in [-0.05, 0) is 44.5 Å². The molecule has 0 N–H and O–H groups in total. The standard InChI is InChI=1S/C21H25N5O3/c1-5-25(16(3)14-29-20-9-6-15(2)13-22-20)21(27)18-12-17(28-4)7-8-19(18)26-23-10-11-24-26/h6-13,16H,5,14H2,1-4H3/t16-/m0/s1. The highest BCUT2D eigenvalue weighted by Gasteiger charge is 2.24. The molecule has 152 valence electrons. The zero-order valence-corrected chi connectivity index (χ0v) is 17.1. The minimum absolute atomic E-state index is 0.147. The van der Waals surface area contributed by atoms with Crippen molar-refractivity contribution in [3.05, 3.63) is 60.0 Å². The first-order valence-corrected chi connectivity index (χ1v) is 9.44. The highest BCUT2D eigenvalue weighted by molar-refractivity contribution is 5.98. The molecule has 1 atom stereocenters. The zero-order chi connectivity index (χ0) is 20.8. The largest absolute Gasteiger partial charge is 0.497 e. The Hall–Kier alpha value is -3.42. The number of benzene rings is 1. The van der Waals surface area contributed by atoms with E-state index >= 15 is 0 Å². The average Bonchev–Trinajstić information content (AvgIpc) is 3.28. The summed E-state index contributed by atoms with van der Waals surface area (Å²) in [5, 5.41) is 8.32. The van der Waals surface area contributed by atoms with Crippen molar-refractivity contribution in [1.82, 2.24) is 24.9 Å². The van der Waals surface area contributed by atoms with Gasteiger partial charge in [0.1, 0.15) is 12.4 Å². The lowest BCUT2D eigenvalue weighted by Gasteiger charge is -2.28. The van der Waals surface area contributed by atoms with E-state index < -0.39 is 0 Å². The highest BCUT2D eigenvalue weighted by atomic mass is 16.5. The van der Waals surface area contributed by atoms with E-state index in [0.29, 0.717) is 36.0 Å². The van der Waals surface area contributed by atoms with Gasteiger partial charge in [-0.1, -0.05) is 6.07 Å². The number of aromatic nitrogens is 4. The molecule has 8 heteroatoms. The van der Waals surface area contributed by atoms with Crippen LogP contribution in [0, 0.1) is 6.92 Å². The lowest BCUT2D eigenvalue weighted by Crippen LogP contribution is -2.42. The van der Waals surface area contributed by atoms with Gasteiger partial charge in [-0.2, -0.15) is 15.0 Å². The summed E-state index contributed by atoms with van der Waals surface area (Å²) < 4.78 is 11.1. The summed E-state index contributed by atoms with van der Waals surface area (Å²) in [6.45, 7) is 6.70. The van der Waals surface area contributed by atoms with Crippen molar-refractivity contribution in [3.63, 3.8) is 0 Å². The van der Waals surface area contributed by atoms with E-state index in [0.717, 1.165) is 5.56 Å². The number of rotatable bonds is 8. The smallest absolute Gasteiger partial charge is 0.256 e. The van der Waals surface area contributed by atoms with Gasteiger partial charge >= 0.3 is 0 Å². The maximum atomic E-state index is 13.4. The summed E-state index contributed by atoms with van der Waals surface area (Å²) in [5.41, 5.74) is 2.11. The molecule has 2 aromatic heterocycles. The number of hydrogen-bond acceptors (Lipinski definition) is 6. The number of nitrogens with zero attached hydrogens (tertiary/aromatic N) is 5. The fourth-order valence-electron chi connectivity index (χ4n) is 2.97. The molecule has 0 spiro atoms. The van der Waals surface area contributed by atoms with Crippen LogP contribution in [-0.4, -0.2) is 57.1 Å². The number of likely N-dealkylation sites (N-methyl/N-ethyl adjacent to an activating group) is 1. The first-order chi connectivity index (χ1) is 14.0. The van der Waals surface area contributed by atoms with Crippen LogP contribution in [0.2, 0.25) is 0 Å².